The second-order valence-corrected chi connectivity index (χ2v) is 6.78. The van der Waals surface area contributed by atoms with E-state index >= 15 is 0 Å². The summed E-state index contributed by atoms with van der Waals surface area (Å²) in [6, 6.07) is 0. The molecule has 0 unspecified atom stereocenters. The van der Waals surface area contributed by atoms with Gasteiger partial charge in [0.2, 0.25) is 5.78 Å². The molecular weight excluding hydrogens is 264 g/mol. The lowest BCUT2D eigenvalue weighted by Gasteiger charge is -2.32. The Balaban J connectivity index is 1.97. The van der Waals surface area contributed by atoms with E-state index in [1.165, 1.54) is 0 Å². The molecule has 0 amide bonds. The average Bonchev–Trinajstić information content (AvgIpc) is 2.70. The summed E-state index contributed by atoms with van der Waals surface area (Å²) >= 11 is 0. The van der Waals surface area contributed by atoms with Gasteiger partial charge in [-0.1, -0.05) is 6.92 Å². The van der Waals surface area contributed by atoms with Crippen molar-refractivity contribution in [3.63, 3.8) is 0 Å². The van der Waals surface area contributed by atoms with E-state index in [9.17, 15) is 25.2 Å². The molecule has 110 valence electrons. The van der Waals surface area contributed by atoms with Crippen LogP contribution in [0.4, 0.5) is 0 Å². The van der Waals surface area contributed by atoms with E-state index in [1.54, 1.807) is 13.8 Å². The molecule has 2 saturated carbocycles. The monoisotopic (exact) mass is 282 g/mol. The van der Waals surface area contributed by atoms with Crippen molar-refractivity contribution >= 4 is 5.78 Å². The molecule has 1 aliphatic heterocycles. The van der Waals surface area contributed by atoms with Crippen LogP contribution in [0.5, 0.6) is 0 Å². The topological polar surface area (TPSA) is 107 Å². The van der Waals surface area contributed by atoms with E-state index in [0.29, 0.717) is 12.0 Å². The molecule has 1 spiro atoms. The lowest BCUT2D eigenvalue weighted by Crippen LogP contribution is -2.45. The van der Waals surface area contributed by atoms with Crippen molar-refractivity contribution in [2.45, 2.75) is 44.7 Å². The highest BCUT2D eigenvalue weighted by atomic mass is 16.5. The number of hydrogen-bond acceptors (Lipinski definition) is 6. The standard InChI is InChI=1S/C14H18O6/c1-5-3-6-14(10(19)7(5)16)12(2)9(18)8(17)11(20-6)13(12,14)4-15/h6,8-9,11,15-18H,3-4H2,1-2H3/t6-,8-,9-,11-,12+,13+,14+/m1/s1. The number of aliphatic hydroxyl groups is 4. The first-order valence-electron chi connectivity index (χ1n) is 6.88. The Labute approximate surface area is 115 Å². The molecule has 4 rings (SSSR count). The lowest BCUT2D eigenvalue weighted by molar-refractivity contribution is -0.131. The number of allylic oxidation sites excluding steroid dienone is 1. The molecule has 0 radical (unpaired) electrons. The molecule has 0 aromatic carbocycles. The molecule has 6 heteroatoms. The van der Waals surface area contributed by atoms with Crippen molar-refractivity contribution in [1.29, 1.82) is 0 Å². The molecule has 20 heavy (non-hydrogen) atoms. The summed E-state index contributed by atoms with van der Waals surface area (Å²) in [7, 11) is 0. The summed E-state index contributed by atoms with van der Waals surface area (Å²) in [6.45, 7) is 3.02. The molecule has 7 atom stereocenters. The third kappa shape index (κ3) is 0.780. The van der Waals surface area contributed by atoms with E-state index in [1.807, 2.05) is 0 Å². The van der Waals surface area contributed by atoms with Crippen molar-refractivity contribution in [2.75, 3.05) is 6.61 Å². The summed E-state index contributed by atoms with van der Waals surface area (Å²) in [4.78, 5) is 12.7. The molecule has 0 aromatic heterocycles. The number of Topliss-reactive ketones (excluding diaryl/α,β-unsaturated/α-hetero) is 1. The SMILES string of the molecule is CC1=C(O)C(=O)[C@@]23[C@@H](C1)O[C@@H]1[C@H](O)[C@@H](O)[C@@]2(C)[C@]13CO. The van der Waals surface area contributed by atoms with Crippen molar-refractivity contribution in [1.82, 2.24) is 0 Å². The highest BCUT2D eigenvalue weighted by Crippen LogP contribution is 2.91. The van der Waals surface area contributed by atoms with Gasteiger partial charge < -0.3 is 25.2 Å². The summed E-state index contributed by atoms with van der Waals surface area (Å²) in [6.07, 6.45) is -3.14. The average molecular weight is 282 g/mol. The molecule has 0 aromatic rings. The quantitative estimate of drug-likeness (QED) is 0.505. The zero-order valence-corrected chi connectivity index (χ0v) is 11.3. The predicted octanol–water partition coefficient (Wildman–Crippen LogP) is -0.721. The van der Waals surface area contributed by atoms with Crippen molar-refractivity contribution in [3.8, 4) is 0 Å². The fourth-order valence-electron chi connectivity index (χ4n) is 5.72. The van der Waals surface area contributed by atoms with Crippen LogP contribution in [0, 0.1) is 16.2 Å². The van der Waals surface area contributed by atoms with Crippen LogP contribution >= 0.6 is 0 Å². The van der Waals surface area contributed by atoms with Crippen LogP contribution in [0.25, 0.3) is 0 Å². The van der Waals surface area contributed by atoms with E-state index in [0.717, 1.165) is 0 Å². The van der Waals surface area contributed by atoms with Crippen LogP contribution < -0.4 is 0 Å². The maximum absolute atomic E-state index is 12.7. The Morgan fingerprint density at radius 3 is 2.60 bits per heavy atom. The molecule has 0 bridgehead atoms. The van der Waals surface area contributed by atoms with Crippen LogP contribution in [0.15, 0.2) is 11.3 Å². The minimum atomic E-state index is -1.14. The van der Waals surface area contributed by atoms with Crippen LogP contribution in [0.1, 0.15) is 20.3 Å². The molecular formula is C14H18O6. The van der Waals surface area contributed by atoms with Gasteiger partial charge in [-0.05, 0) is 18.9 Å². The highest BCUT2D eigenvalue weighted by Gasteiger charge is 3.02. The van der Waals surface area contributed by atoms with Gasteiger partial charge in [0.05, 0.1) is 30.3 Å². The Kier molecular flexibility index (Phi) is 1.99. The summed E-state index contributed by atoms with van der Waals surface area (Å²) in [5.41, 5.74) is -2.50. The molecule has 4 N–H and O–H groups in total. The number of ether oxygens (including phenoxy) is 1. The Hall–Kier alpha value is -0.950. The largest absolute Gasteiger partial charge is 0.504 e. The van der Waals surface area contributed by atoms with Crippen LogP contribution in [-0.4, -0.2) is 57.2 Å². The smallest absolute Gasteiger partial charge is 0.207 e. The predicted molar refractivity (Wildman–Crippen MR) is 65.7 cm³/mol. The maximum Gasteiger partial charge on any atom is 0.207 e. The lowest BCUT2D eigenvalue weighted by atomic mass is 9.72. The Bertz CT molecular complexity index is 570. The molecule has 4 aliphatic rings. The van der Waals surface area contributed by atoms with E-state index in [-0.39, 0.29) is 12.4 Å². The van der Waals surface area contributed by atoms with Gasteiger partial charge in [-0.25, -0.2) is 0 Å². The Morgan fingerprint density at radius 2 is 2.05 bits per heavy atom. The minimum absolute atomic E-state index is 0.282. The van der Waals surface area contributed by atoms with Gasteiger partial charge >= 0.3 is 0 Å². The van der Waals surface area contributed by atoms with Gasteiger partial charge in [-0.2, -0.15) is 0 Å². The molecule has 1 saturated heterocycles. The fraction of sp³-hybridized carbons (Fsp3) is 0.786. The third-order valence-corrected chi connectivity index (χ3v) is 6.61. The molecule has 3 aliphatic carbocycles. The van der Waals surface area contributed by atoms with Gasteiger partial charge in [0.1, 0.15) is 6.10 Å². The van der Waals surface area contributed by atoms with Gasteiger partial charge in [0, 0.05) is 10.8 Å². The number of rotatable bonds is 1. The van der Waals surface area contributed by atoms with Gasteiger partial charge in [0.15, 0.2) is 5.76 Å². The summed E-state index contributed by atoms with van der Waals surface area (Å²) in [5.74, 6) is -0.744. The van der Waals surface area contributed by atoms with Crippen LogP contribution in [-0.2, 0) is 9.53 Å². The van der Waals surface area contributed by atoms with E-state index in [4.69, 9.17) is 4.74 Å². The van der Waals surface area contributed by atoms with Crippen molar-refractivity contribution in [2.24, 2.45) is 16.2 Å². The van der Waals surface area contributed by atoms with Gasteiger partial charge in [-0.15, -0.1) is 0 Å². The Morgan fingerprint density at radius 1 is 1.40 bits per heavy atom. The number of carbonyl (C=O) groups excluding carboxylic acids is 1. The van der Waals surface area contributed by atoms with Gasteiger partial charge in [-0.3, -0.25) is 4.79 Å². The summed E-state index contributed by atoms with van der Waals surface area (Å²) in [5, 5.41) is 40.4. The van der Waals surface area contributed by atoms with Gasteiger partial charge in [0.25, 0.3) is 0 Å². The second kappa shape index (κ2) is 3.11. The van der Waals surface area contributed by atoms with Crippen molar-refractivity contribution < 1.29 is 30.0 Å². The number of hydrogen-bond donors (Lipinski definition) is 4. The summed E-state index contributed by atoms with van der Waals surface area (Å²) < 4.78 is 5.80. The van der Waals surface area contributed by atoms with Crippen LogP contribution in [0.3, 0.4) is 0 Å². The highest BCUT2D eigenvalue weighted by molar-refractivity contribution is 6.05. The van der Waals surface area contributed by atoms with E-state index < -0.39 is 46.4 Å². The molecule has 6 nitrogen and oxygen atoms in total. The zero-order valence-electron chi connectivity index (χ0n) is 11.3. The number of carbonyl (C=O) groups is 1. The van der Waals surface area contributed by atoms with Crippen molar-refractivity contribution in [3.05, 3.63) is 11.3 Å². The molecule has 1 heterocycles. The van der Waals surface area contributed by atoms with Crippen LogP contribution in [0.2, 0.25) is 0 Å². The number of ketones is 1. The number of aliphatic hydroxyl groups excluding tert-OH is 4. The first kappa shape index (κ1) is 12.8. The fourth-order valence-corrected chi connectivity index (χ4v) is 5.72. The normalized spacial score (nSPS) is 59.8. The minimum Gasteiger partial charge on any atom is -0.504 e. The maximum atomic E-state index is 12.7. The first-order valence-corrected chi connectivity index (χ1v) is 6.88. The van der Waals surface area contributed by atoms with E-state index in [2.05, 4.69) is 0 Å². The third-order valence-electron chi connectivity index (χ3n) is 6.61. The second-order valence-electron chi connectivity index (χ2n) is 6.78. The zero-order chi connectivity index (χ0) is 14.7. The molecule has 3 fully saturated rings. The first-order chi connectivity index (χ1) is 9.32.